The van der Waals surface area contributed by atoms with Crippen molar-refractivity contribution in [3.63, 3.8) is 0 Å². The van der Waals surface area contributed by atoms with E-state index in [-0.39, 0.29) is 5.92 Å². The maximum Gasteiger partial charge on any atom is 0.163 e. The summed E-state index contributed by atoms with van der Waals surface area (Å²) in [7, 11) is 0. The van der Waals surface area contributed by atoms with Crippen molar-refractivity contribution in [3.05, 3.63) is 167 Å². The monoisotopic (exact) mass is 581 g/mol. The van der Waals surface area contributed by atoms with Crippen LogP contribution in [0, 0.1) is 5.92 Å². The Hall–Kier alpha value is -5.35. The quantitative estimate of drug-likeness (QED) is 0.212. The summed E-state index contributed by atoms with van der Waals surface area (Å²) in [6.07, 6.45) is 23.7. The van der Waals surface area contributed by atoms with Crippen molar-refractivity contribution in [2.24, 2.45) is 5.92 Å². The Bertz CT molecular complexity index is 2190. The summed E-state index contributed by atoms with van der Waals surface area (Å²) in [5.74, 6) is 3.81. The van der Waals surface area contributed by atoms with Gasteiger partial charge in [-0.1, -0.05) is 109 Å². The standard InChI is InChI=1S/C41H31N3O/c1-3-11-28-23-32(21-19-26(28)9-1)40-42-39(43-41(44-40)33-22-20-27-10-2-4-12-29(27)24-33)31-14-7-13-30(25-31)34-16-8-18-37-38(34)35-15-5-6-17-36(35)45-37/h1-7,9-17,19,21-22,24-25,27,32H,8,18,20,23H2. The summed E-state index contributed by atoms with van der Waals surface area (Å²) in [6.45, 7) is 0. The number of rotatable bonds is 4. The van der Waals surface area contributed by atoms with Gasteiger partial charge in [0.2, 0.25) is 0 Å². The minimum absolute atomic E-state index is 0.0755. The normalized spacial score (nSPS) is 19.8. The van der Waals surface area contributed by atoms with Crippen molar-refractivity contribution in [1.82, 2.24) is 15.0 Å². The lowest BCUT2D eigenvalue weighted by Gasteiger charge is -2.22. The number of hydrogen-bond donors (Lipinski definition) is 0. The van der Waals surface area contributed by atoms with E-state index < -0.39 is 0 Å². The molecule has 9 rings (SSSR count). The Kier molecular flexibility index (Phi) is 6.19. The number of nitrogens with zero attached hydrogens (tertiary/aromatic N) is 3. The van der Waals surface area contributed by atoms with Crippen LogP contribution in [-0.4, -0.2) is 15.0 Å². The van der Waals surface area contributed by atoms with E-state index in [1.54, 1.807) is 0 Å². The molecule has 0 amide bonds. The zero-order chi connectivity index (χ0) is 29.7. The fourth-order valence-corrected chi connectivity index (χ4v) is 7.12. The minimum Gasteiger partial charge on any atom is -0.460 e. The number of allylic oxidation sites excluding steroid dienone is 10. The fraction of sp³-hybridized carbons (Fsp3) is 0.146. The highest BCUT2D eigenvalue weighted by molar-refractivity contribution is 5.98. The van der Waals surface area contributed by atoms with Crippen LogP contribution in [0.2, 0.25) is 0 Å². The van der Waals surface area contributed by atoms with Gasteiger partial charge in [0.25, 0.3) is 0 Å². The molecule has 0 bridgehead atoms. The lowest BCUT2D eigenvalue weighted by molar-refractivity contribution is 0.545. The van der Waals surface area contributed by atoms with Crippen LogP contribution in [0.15, 0.2) is 131 Å². The summed E-state index contributed by atoms with van der Waals surface area (Å²) in [5, 5.41) is 1.17. The molecular formula is C41H31N3O. The molecule has 2 atom stereocenters. The summed E-state index contributed by atoms with van der Waals surface area (Å²) < 4.78 is 6.28. The first-order valence-corrected chi connectivity index (χ1v) is 15.9. The van der Waals surface area contributed by atoms with Crippen LogP contribution in [0.25, 0.3) is 39.6 Å². The van der Waals surface area contributed by atoms with Crippen LogP contribution in [0.5, 0.6) is 0 Å². The van der Waals surface area contributed by atoms with Gasteiger partial charge in [-0.3, -0.25) is 0 Å². The summed E-state index contributed by atoms with van der Waals surface area (Å²) >= 11 is 0. The van der Waals surface area contributed by atoms with E-state index in [1.165, 1.54) is 33.2 Å². The van der Waals surface area contributed by atoms with E-state index in [4.69, 9.17) is 19.4 Å². The number of aryl methyl sites for hydroxylation is 1. The number of fused-ring (bicyclic) bond motifs is 5. The van der Waals surface area contributed by atoms with Crippen molar-refractivity contribution in [2.75, 3.05) is 0 Å². The van der Waals surface area contributed by atoms with E-state index in [9.17, 15) is 0 Å². The van der Waals surface area contributed by atoms with Crippen molar-refractivity contribution in [1.29, 1.82) is 0 Å². The molecule has 216 valence electrons. The van der Waals surface area contributed by atoms with Crippen molar-refractivity contribution in [3.8, 4) is 11.4 Å². The number of benzene rings is 3. The molecule has 5 aromatic rings. The van der Waals surface area contributed by atoms with Crippen molar-refractivity contribution < 1.29 is 4.42 Å². The molecule has 0 aliphatic heterocycles. The smallest absolute Gasteiger partial charge is 0.163 e. The molecular weight excluding hydrogens is 550 g/mol. The van der Waals surface area contributed by atoms with Crippen LogP contribution in [-0.2, 0) is 12.8 Å². The Balaban J connectivity index is 1.15. The first-order valence-electron chi connectivity index (χ1n) is 15.9. The Morgan fingerprint density at radius 3 is 2.62 bits per heavy atom. The highest BCUT2D eigenvalue weighted by Gasteiger charge is 2.25. The molecule has 4 nitrogen and oxygen atoms in total. The van der Waals surface area contributed by atoms with Gasteiger partial charge in [-0.15, -0.1) is 0 Å². The highest BCUT2D eigenvalue weighted by atomic mass is 16.3. The van der Waals surface area contributed by atoms with Gasteiger partial charge in [0.1, 0.15) is 17.2 Å². The second-order valence-electron chi connectivity index (χ2n) is 12.2. The topological polar surface area (TPSA) is 51.8 Å². The molecule has 0 saturated heterocycles. The molecule has 2 aromatic heterocycles. The molecule has 2 unspecified atom stereocenters. The van der Waals surface area contributed by atoms with E-state index in [0.717, 1.165) is 65.4 Å². The molecule has 4 heteroatoms. The second kappa shape index (κ2) is 10.7. The van der Waals surface area contributed by atoms with Gasteiger partial charge in [-0.05, 0) is 65.3 Å². The van der Waals surface area contributed by atoms with Gasteiger partial charge < -0.3 is 4.42 Å². The molecule has 2 heterocycles. The van der Waals surface area contributed by atoms with Crippen LogP contribution in [0.4, 0.5) is 0 Å². The number of para-hydroxylation sites is 1. The number of furan rings is 1. The van der Waals surface area contributed by atoms with E-state index >= 15 is 0 Å². The Morgan fingerprint density at radius 1 is 0.733 bits per heavy atom. The third kappa shape index (κ3) is 4.65. The summed E-state index contributed by atoms with van der Waals surface area (Å²) in [4.78, 5) is 15.4. The predicted octanol–water partition coefficient (Wildman–Crippen LogP) is 9.47. The molecule has 0 N–H and O–H groups in total. The molecule has 4 aliphatic carbocycles. The van der Waals surface area contributed by atoms with Gasteiger partial charge in [-0.25, -0.2) is 15.0 Å². The summed E-state index contributed by atoms with van der Waals surface area (Å²) in [6, 6.07) is 25.6. The van der Waals surface area contributed by atoms with E-state index in [0.29, 0.717) is 11.7 Å². The van der Waals surface area contributed by atoms with Gasteiger partial charge in [0.15, 0.2) is 11.6 Å². The SMILES string of the molecule is C1=CC2=CC(c3nc(-c4cccc(C5=CCCc6oc7ccccc7c65)c4)nc(C4C=Cc5ccccc5C4)n3)=CCC2C=C1. The molecule has 45 heavy (non-hydrogen) atoms. The van der Waals surface area contributed by atoms with Gasteiger partial charge in [-0.2, -0.15) is 0 Å². The van der Waals surface area contributed by atoms with Crippen LogP contribution < -0.4 is 0 Å². The van der Waals surface area contributed by atoms with Gasteiger partial charge in [0.05, 0.1) is 0 Å². The second-order valence-corrected chi connectivity index (χ2v) is 12.2. The van der Waals surface area contributed by atoms with Crippen LogP contribution in [0.1, 0.15) is 58.4 Å². The zero-order valence-electron chi connectivity index (χ0n) is 24.9. The number of hydrogen-bond acceptors (Lipinski definition) is 4. The maximum absolute atomic E-state index is 6.28. The van der Waals surface area contributed by atoms with E-state index in [2.05, 4.69) is 121 Å². The fourth-order valence-electron chi connectivity index (χ4n) is 7.12. The van der Waals surface area contributed by atoms with Crippen LogP contribution in [0.3, 0.4) is 0 Å². The lowest BCUT2D eigenvalue weighted by Crippen LogP contribution is -2.14. The third-order valence-corrected chi connectivity index (χ3v) is 9.42. The molecule has 3 aromatic carbocycles. The van der Waals surface area contributed by atoms with Crippen LogP contribution >= 0.6 is 0 Å². The maximum atomic E-state index is 6.28. The number of aromatic nitrogens is 3. The average molecular weight is 582 g/mol. The average Bonchev–Trinajstić information content (AvgIpc) is 3.50. The zero-order valence-corrected chi connectivity index (χ0v) is 24.9. The molecule has 0 fully saturated rings. The Labute approximate surface area is 262 Å². The van der Waals surface area contributed by atoms with Crippen molar-refractivity contribution >= 4 is 28.2 Å². The van der Waals surface area contributed by atoms with Crippen molar-refractivity contribution in [2.45, 2.75) is 31.6 Å². The largest absolute Gasteiger partial charge is 0.460 e. The molecule has 0 radical (unpaired) electrons. The van der Waals surface area contributed by atoms with E-state index in [1.807, 2.05) is 6.07 Å². The molecule has 4 aliphatic rings. The summed E-state index contributed by atoms with van der Waals surface area (Å²) in [5.41, 5.74) is 10.5. The minimum atomic E-state index is 0.0755. The lowest BCUT2D eigenvalue weighted by atomic mass is 9.85. The first-order chi connectivity index (χ1) is 22.3. The third-order valence-electron chi connectivity index (χ3n) is 9.42. The molecule has 0 saturated carbocycles. The molecule has 0 spiro atoms. The van der Waals surface area contributed by atoms with Gasteiger partial charge >= 0.3 is 0 Å². The predicted molar refractivity (Wildman–Crippen MR) is 181 cm³/mol. The highest BCUT2D eigenvalue weighted by Crippen LogP contribution is 2.40. The van der Waals surface area contributed by atoms with Gasteiger partial charge in [0, 0.05) is 40.3 Å². The Morgan fingerprint density at radius 2 is 1.62 bits per heavy atom. The first kappa shape index (κ1) is 26.1.